The van der Waals surface area contributed by atoms with Gasteiger partial charge in [-0.05, 0) is 25.0 Å². The second kappa shape index (κ2) is 4.08. The Morgan fingerprint density at radius 3 is 2.62 bits per heavy atom. The van der Waals surface area contributed by atoms with E-state index in [1.807, 2.05) is 43.7 Å². The van der Waals surface area contributed by atoms with Crippen LogP contribution in [0.5, 0.6) is 5.88 Å². The zero-order chi connectivity index (χ0) is 11.7. The third-order valence-electron chi connectivity index (χ3n) is 3.01. The quantitative estimate of drug-likeness (QED) is 0.709. The maximum Gasteiger partial charge on any atom is 0.373 e. The lowest BCUT2D eigenvalue weighted by Gasteiger charge is -2.05. The van der Waals surface area contributed by atoms with Crippen LogP contribution in [0.15, 0.2) is 29.5 Å². The van der Waals surface area contributed by atoms with Gasteiger partial charge in [0.1, 0.15) is 7.05 Å². The number of hydrogen-bond donors (Lipinski definition) is 0. The van der Waals surface area contributed by atoms with Gasteiger partial charge in [0.2, 0.25) is 0 Å². The number of hydrogen-bond acceptors (Lipinski definition) is 2. The van der Waals surface area contributed by atoms with Crippen molar-refractivity contribution in [2.75, 3.05) is 0 Å². The van der Waals surface area contributed by atoms with Crippen LogP contribution >= 0.6 is 0 Å². The molecular weight excluding hydrogens is 202 g/mol. The van der Waals surface area contributed by atoms with Crippen molar-refractivity contribution in [2.24, 2.45) is 7.05 Å². The summed E-state index contributed by atoms with van der Waals surface area (Å²) in [7, 11) is 1.93. The molecule has 16 heavy (non-hydrogen) atoms. The van der Waals surface area contributed by atoms with E-state index in [1.165, 1.54) is 0 Å². The minimum Gasteiger partial charge on any atom is -0.401 e. The third kappa shape index (κ3) is 1.85. The monoisotopic (exact) mass is 218 g/mol. The van der Waals surface area contributed by atoms with Gasteiger partial charge in [0.05, 0.1) is 6.07 Å². The van der Waals surface area contributed by atoms with Gasteiger partial charge in [-0.1, -0.05) is 0 Å². The SMILES string of the molecule is CC1=C(Oc2cccc(C)[n+]2C)C(=O)CC1. The first-order chi connectivity index (χ1) is 7.59. The van der Waals surface area contributed by atoms with Crippen LogP contribution in [0.25, 0.3) is 0 Å². The van der Waals surface area contributed by atoms with Crippen LogP contribution in [0.4, 0.5) is 0 Å². The van der Waals surface area contributed by atoms with Gasteiger partial charge in [-0.3, -0.25) is 4.79 Å². The predicted molar refractivity (Wildman–Crippen MR) is 59.9 cm³/mol. The zero-order valence-corrected chi connectivity index (χ0v) is 9.91. The number of carbonyl (C=O) groups is 1. The van der Waals surface area contributed by atoms with Gasteiger partial charge in [0.25, 0.3) is 0 Å². The van der Waals surface area contributed by atoms with Crippen molar-refractivity contribution in [2.45, 2.75) is 26.7 Å². The number of carbonyl (C=O) groups excluding carboxylic acids is 1. The molecule has 84 valence electrons. The Hall–Kier alpha value is -1.64. The summed E-state index contributed by atoms with van der Waals surface area (Å²) in [4.78, 5) is 11.6. The largest absolute Gasteiger partial charge is 0.401 e. The molecule has 0 aromatic carbocycles. The number of rotatable bonds is 2. The average Bonchev–Trinajstić information content (AvgIpc) is 2.56. The summed E-state index contributed by atoms with van der Waals surface area (Å²) in [5, 5.41) is 0. The van der Waals surface area contributed by atoms with Crippen molar-refractivity contribution in [3.63, 3.8) is 0 Å². The Morgan fingerprint density at radius 1 is 1.25 bits per heavy atom. The van der Waals surface area contributed by atoms with Crippen molar-refractivity contribution < 1.29 is 14.1 Å². The lowest BCUT2D eigenvalue weighted by molar-refractivity contribution is -0.682. The van der Waals surface area contributed by atoms with E-state index in [0.717, 1.165) is 17.7 Å². The Bertz CT molecular complexity index is 475. The topological polar surface area (TPSA) is 30.2 Å². The molecule has 1 aromatic heterocycles. The molecule has 3 nitrogen and oxygen atoms in total. The lowest BCUT2D eigenvalue weighted by atomic mass is 10.3. The maximum atomic E-state index is 11.6. The number of Topliss-reactive ketones (excluding diaryl/α,β-unsaturated/α-hetero) is 1. The van der Waals surface area contributed by atoms with Crippen LogP contribution < -0.4 is 9.30 Å². The van der Waals surface area contributed by atoms with Crippen molar-refractivity contribution in [3.8, 4) is 5.88 Å². The molecule has 0 unspecified atom stereocenters. The van der Waals surface area contributed by atoms with Crippen molar-refractivity contribution in [1.82, 2.24) is 0 Å². The van der Waals surface area contributed by atoms with E-state index in [1.54, 1.807) is 0 Å². The van der Waals surface area contributed by atoms with E-state index < -0.39 is 0 Å². The fourth-order valence-corrected chi connectivity index (χ4v) is 1.78. The van der Waals surface area contributed by atoms with Crippen LogP contribution in [-0.4, -0.2) is 5.78 Å². The fraction of sp³-hybridized carbons (Fsp3) is 0.385. The summed E-state index contributed by atoms with van der Waals surface area (Å²) in [6, 6.07) is 5.81. The molecule has 1 aliphatic rings. The van der Waals surface area contributed by atoms with Gasteiger partial charge in [0.15, 0.2) is 17.2 Å². The number of allylic oxidation sites excluding steroid dienone is 2. The number of nitrogens with zero attached hydrogens (tertiary/aromatic N) is 1. The summed E-state index contributed by atoms with van der Waals surface area (Å²) >= 11 is 0. The van der Waals surface area contributed by atoms with Gasteiger partial charge in [-0.2, -0.15) is 4.57 Å². The average molecular weight is 218 g/mol. The van der Waals surface area contributed by atoms with Gasteiger partial charge >= 0.3 is 5.88 Å². The molecule has 1 aliphatic carbocycles. The first-order valence-corrected chi connectivity index (χ1v) is 5.46. The van der Waals surface area contributed by atoms with Crippen LogP contribution in [0.3, 0.4) is 0 Å². The molecule has 0 radical (unpaired) electrons. The van der Waals surface area contributed by atoms with Gasteiger partial charge < -0.3 is 4.74 Å². The summed E-state index contributed by atoms with van der Waals surface area (Å²) in [6.07, 6.45) is 1.40. The molecule has 0 saturated heterocycles. The standard InChI is InChI=1S/C13H16NO2/c1-9-7-8-11(15)13(9)16-12-6-4-5-10(2)14(12)3/h4-6H,7-8H2,1-3H3/q+1. The molecule has 0 atom stereocenters. The molecule has 3 heteroatoms. The van der Waals surface area contributed by atoms with E-state index in [-0.39, 0.29) is 5.78 Å². The molecule has 0 saturated carbocycles. The van der Waals surface area contributed by atoms with E-state index in [4.69, 9.17) is 4.74 Å². The summed E-state index contributed by atoms with van der Waals surface area (Å²) in [5.74, 6) is 1.35. The Kier molecular flexibility index (Phi) is 2.77. The van der Waals surface area contributed by atoms with Crippen LogP contribution in [-0.2, 0) is 11.8 Å². The highest BCUT2D eigenvalue weighted by atomic mass is 16.5. The third-order valence-corrected chi connectivity index (χ3v) is 3.01. The molecule has 1 heterocycles. The molecule has 0 spiro atoms. The second-order valence-electron chi connectivity index (χ2n) is 4.20. The molecule has 0 bridgehead atoms. The molecule has 1 aromatic rings. The van der Waals surface area contributed by atoms with Gasteiger partial charge in [0, 0.05) is 19.4 Å². The Balaban J connectivity index is 2.31. The van der Waals surface area contributed by atoms with E-state index >= 15 is 0 Å². The van der Waals surface area contributed by atoms with Crippen molar-refractivity contribution in [1.29, 1.82) is 0 Å². The molecule has 2 rings (SSSR count). The number of aryl methyl sites for hydroxylation is 1. The minimum absolute atomic E-state index is 0.110. The molecular formula is C13H16NO2+. The summed E-state index contributed by atoms with van der Waals surface area (Å²) in [6.45, 7) is 3.96. The fourth-order valence-electron chi connectivity index (χ4n) is 1.78. The molecule has 0 N–H and O–H groups in total. The molecule has 0 fully saturated rings. The van der Waals surface area contributed by atoms with E-state index in [0.29, 0.717) is 18.1 Å². The molecule has 0 amide bonds. The number of pyridine rings is 1. The van der Waals surface area contributed by atoms with E-state index in [2.05, 4.69) is 0 Å². The highest BCUT2D eigenvalue weighted by molar-refractivity contribution is 5.97. The number of ketones is 1. The summed E-state index contributed by atoms with van der Waals surface area (Å²) < 4.78 is 7.64. The minimum atomic E-state index is 0.110. The lowest BCUT2D eigenvalue weighted by Crippen LogP contribution is -2.34. The van der Waals surface area contributed by atoms with Gasteiger partial charge in [-0.15, -0.1) is 0 Å². The first-order valence-electron chi connectivity index (χ1n) is 5.46. The van der Waals surface area contributed by atoms with E-state index in [9.17, 15) is 4.79 Å². The maximum absolute atomic E-state index is 11.6. The Labute approximate surface area is 95.4 Å². The normalized spacial score (nSPS) is 15.8. The second-order valence-corrected chi connectivity index (χ2v) is 4.20. The highest BCUT2D eigenvalue weighted by Crippen LogP contribution is 2.24. The van der Waals surface area contributed by atoms with Crippen LogP contribution in [0, 0.1) is 6.92 Å². The first kappa shape index (κ1) is 10.9. The summed E-state index contributed by atoms with van der Waals surface area (Å²) in [5.41, 5.74) is 2.15. The number of aromatic nitrogens is 1. The van der Waals surface area contributed by atoms with Gasteiger partial charge in [-0.25, -0.2) is 0 Å². The Morgan fingerprint density at radius 2 is 2.00 bits per heavy atom. The van der Waals surface area contributed by atoms with Crippen molar-refractivity contribution >= 4 is 5.78 Å². The predicted octanol–water partition coefficient (Wildman–Crippen LogP) is 1.84. The van der Waals surface area contributed by atoms with Crippen molar-refractivity contribution in [3.05, 3.63) is 35.2 Å². The zero-order valence-electron chi connectivity index (χ0n) is 9.91. The van der Waals surface area contributed by atoms with Crippen LogP contribution in [0.2, 0.25) is 0 Å². The molecule has 0 aliphatic heterocycles. The smallest absolute Gasteiger partial charge is 0.373 e. The van der Waals surface area contributed by atoms with Crippen LogP contribution in [0.1, 0.15) is 25.5 Å². The number of ether oxygens (including phenoxy) is 1. The highest BCUT2D eigenvalue weighted by Gasteiger charge is 2.25.